The molecule has 148 valence electrons. The number of anilines is 2. The Morgan fingerprint density at radius 3 is 2.90 bits per heavy atom. The molecule has 0 saturated carbocycles. The van der Waals surface area contributed by atoms with Gasteiger partial charge in [-0.2, -0.15) is 5.10 Å². The van der Waals surface area contributed by atoms with Crippen molar-refractivity contribution in [3.8, 4) is 5.75 Å². The fraction of sp³-hybridized carbons (Fsp3) is 0.227. The van der Waals surface area contributed by atoms with E-state index in [1.165, 1.54) is 14.0 Å². The van der Waals surface area contributed by atoms with Crippen LogP contribution in [0.2, 0.25) is 0 Å². The molecule has 0 fully saturated rings. The Morgan fingerprint density at radius 2 is 2.17 bits per heavy atom. The second kappa shape index (κ2) is 7.79. The largest absolute Gasteiger partial charge is 0.494 e. The van der Waals surface area contributed by atoms with Crippen LogP contribution in [0.5, 0.6) is 5.75 Å². The van der Waals surface area contributed by atoms with Crippen LogP contribution in [-0.2, 0) is 16.1 Å². The maximum atomic E-state index is 12.4. The lowest BCUT2D eigenvalue weighted by Crippen LogP contribution is -2.24. The minimum atomic E-state index is -0.180. The molecule has 0 radical (unpaired) electrons. The Morgan fingerprint density at radius 1 is 1.31 bits per heavy atom. The monoisotopic (exact) mass is 390 g/mol. The van der Waals surface area contributed by atoms with Gasteiger partial charge in [0.2, 0.25) is 11.8 Å². The van der Waals surface area contributed by atoms with E-state index < -0.39 is 0 Å². The summed E-state index contributed by atoms with van der Waals surface area (Å²) in [6.07, 6.45) is 4.01. The first-order valence-electron chi connectivity index (χ1n) is 9.39. The fourth-order valence-corrected chi connectivity index (χ4v) is 3.73. The van der Waals surface area contributed by atoms with Crippen LogP contribution < -0.4 is 15.4 Å². The van der Waals surface area contributed by atoms with Crippen molar-refractivity contribution >= 4 is 23.2 Å². The number of hydrogen-bond donors (Lipinski definition) is 2. The SMILES string of the molecule is COc1cc2c(cc1NC(C)=O)C(c1cccc(Cn3cccn3)c1)CC(=O)N2. The summed E-state index contributed by atoms with van der Waals surface area (Å²) in [4.78, 5) is 24.0. The van der Waals surface area contributed by atoms with Gasteiger partial charge in [-0.15, -0.1) is 0 Å². The van der Waals surface area contributed by atoms with Gasteiger partial charge in [0.05, 0.1) is 19.3 Å². The van der Waals surface area contributed by atoms with Crippen LogP contribution in [0.3, 0.4) is 0 Å². The van der Waals surface area contributed by atoms with Crippen molar-refractivity contribution < 1.29 is 14.3 Å². The second-order valence-corrected chi connectivity index (χ2v) is 7.07. The molecule has 0 aliphatic carbocycles. The summed E-state index contributed by atoms with van der Waals surface area (Å²) in [5.74, 6) is 0.164. The van der Waals surface area contributed by atoms with Crippen molar-refractivity contribution in [1.82, 2.24) is 9.78 Å². The zero-order chi connectivity index (χ0) is 20.4. The van der Waals surface area contributed by atoms with Gasteiger partial charge in [-0.25, -0.2) is 0 Å². The molecular weight excluding hydrogens is 368 g/mol. The van der Waals surface area contributed by atoms with Gasteiger partial charge in [-0.1, -0.05) is 24.3 Å². The lowest BCUT2D eigenvalue weighted by molar-refractivity contribution is -0.117. The third kappa shape index (κ3) is 3.99. The summed E-state index contributed by atoms with van der Waals surface area (Å²) >= 11 is 0. The number of fused-ring (bicyclic) bond motifs is 1. The average Bonchev–Trinajstić information content (AvgIpc) is 3.20. The first-order valence-corrected chi connectivity index (χ1v) is 9.39. The minimum absolute atomic E-state index is 0.0469. The summed E-state index contributed by atoms with van der Waals surface area (Å²) in [7, 11) is 1.54. The standard InChI is InChI=1S/C22H22N4O3/c1-14(27)24-20-10-18-17(11-22(28)25-19(18)12-21(20)29-2)16-6-3-5-15(9-16)13-26-8-4-7-23-26/h3-10,12,17H,11,13H2,1-2H3,(H,24,27)(H,25,28). The van der Waals surface area contributed by atoms with Crippen LogP contribution in [0.15, 0.2) is 54.9 Å². The molecule has 0 spiro atoms. The van der Waals surface area contributed by atoms with Gasteiger partial charge in [-0.3, -0.25) is 14.3 Å². The lowest BCUT2D eigenvalue weighted by Gasteiger charge is -2.28. The maximum Gasteiger partial charge on any atom is 0.225 e. The van der Waals surface area contributed by atoms with Gasteiger partial charge in [0, 0.05) is 43.4 Å². The molecule has 3 aromatic rings. The predicted molar refractivity (Wildman–Crippen MR) is 110 cm³/mol. The number of amides is 2. The molecule has 1 unspecified atom stereocenters. The topological polar surface area (TPSA) is 85.2 Å². The van der Waals surface area contributed by atoms with Crippen molar-refractivity contribution in [1.29, 1.82) is 0 Å². The van der Waals surface area contributed by atoms with Gasteiger partial charge in [0.15, 0.2) is 0 Å². The Hall–Kier alpha value is -3.61. The van der Waals surface area contributed by atoms with Crippen molar-refractivity contribution in [3.05, 3.63) is 71.5 Å². The first-order chi connectivity index (χ1) is 14.0. The molecule has 0 saturated heterocycles. The molecule has 4 rings (SSSR count). The third-order valence-corrected chi connectivity index (χ3v) is 4.98. The number of hydrogen-bond acceptors (Lipinski definition) is 4. The van der Waals surface area contributed by atoms with E-state index in [0.717, 1.165) is 16.7 Å². The molecule has 2 aromatic carbocycles. The van der Waals surface area contributed by atoms with Crippen LogP contribution in [-0.4, -0.2) is 28.7 Å². The van der Waals surface area contributed by atoms with Gasteiger partial charge in [0.25, 0.3) is 0 Å². The average molecular weight is 390 g/mol. The number of nitrogens with one attached hydrogen (secondary N) is 2. The number of nitrogens with zero attached hydrogens (tertiary/aromatic N) is 2. The van der Waals surface area contributed by atoms with Crippen molar-refractivity contribution in [2.24, 2.45) is 0 Å². The zero-order valence-corrected chi connectivity index (χ0v) is 16.3. The maximum absolute atomic E-state index is 12.4. The number of carbonyl (C=O) groups is 2. The molecule has 1 aromatic heterocycles. The van der Waals surface area contributed by atoms with Crippen LogP contribution >= 0.6 is 0 Å². The van der Waals surface area contributed by atoms with Crippen molar-refractivity contribution in [3.63, 3.8) is 0 Å². The Labute approximate surface area is 168 Å². The zero-order valence-electron chi connectivity index (χ0n) is 16.3. The Bertz CT molecular complexity index is 1060. The summed E-state index contributed by atoms with van der Waals surface area (Å²) in [6.45, 7) is 2.11. The van der Waals surface area contributed by atoms with Crippen LogP contribution in [0, 0.1) is 0 Å². The summed E-state index contributed by atoms with van der Waals surface area (Å²) in [5.41, 5.74) is 4.40. The third-order valence-electron chi connectivity index (χ3n) is 4.98. The molecule has 29 heavy (non-hydrogen) atoms. The number of carbonyl (C=O) groups excluding carboxylic acids is 2. The number of aromatic nitrogens is 2. The highest BCUT2D eigenvalue weighted by Gasteiger charge is 2.28. The Kier molecular flexibility index (Phi) is 5.03. The second-order valence-electron chi connectivity index (χ2n) is 7.07. The lowest BCUT2D eigenvalue weighted by atomic mass is 9.84. The quantitative estimate of drug-likeness (QED) is 0.699. The smallest absolute Gasteiger partial charge is 0.225 e. The summed E-state index contributed by atoms with van der Waals surface area (Å²) < 4.78 is 7.25. The van der Waals surface area contributed by atoms with Crippen molar-refractivity contribution in [2.75, 3.05) is 17.7 Å². The molecular formula is C22H22N4O3. The Balaban J connectivity index is 1.74. The minimum Gasteiger partial charge on any atom is -0.494 e. The normalized spacial score (nSPS) is 15.4. The molecule has 0 bridgehead atoms. The van der Waals surface area contributed by atoms with E-state index in [-0.39, 0.29) is 17.7 Å². The van der Waals surface area contributed by atoms with E-state index in [4.69, 9.17) is 4.74 Å². The highest BCUT2D eigenvalue weighted by Crippen LogP contribution is 2.42. The molecule has 2 heterocycles. The molecule has 1 aliphatic heterocycles. The van der Waals surface area contributed by atoms with Gasteiger partial charge in [-0.05, 0) is 28.8 Å². The molecule has 1 atom stereocenters. The van der Waals surface area contributed by atoms with Gasteiger partial charge >= 0.3 is 0 Å². The van der Waals surface area contributed by atoms with Crippen molar-refractivity contribution in [2.45, 2.75) is 25.8 Å². The van der Waals surface area contributed by atoms with E-state index in [2.05, 4.69) is 21.8 Å². The van der Waals surface area contributed by atoms with E-state index >= 15 is 0 Å². The molecule has 1 aliphatic rings. The molecule has 2 amide bonds. The number of benzene rings is 2. The van der Waals surface area contributed by atoms with E-state index in [0.29, 0.717) is 30.1 Å². The van der Waals surface area contributed by atoms with Crippen LogP contribution in [0.4, 0.5) is 11.4 Å². The van der Waals surface area contributed by atoms with Crippen LogP contribution in [0.25, 0.3) is 0 Å². The van der Waals surface area contributed by atoms with E-state index in [1.807, 2.05) is 41.2 Å². The molecule has 7 heteroatoms. The summed E-state index contributed by atoms with van der Waals surface area (Å²) in [5, 5.41) is 9.99. The van der Waals surface area contributed by atoms with Gasteiger partial charge in [0.1, 0.15) is 5.75 Å². The number of rotatable bonds is 5. The van der Waals surface area contributed by atoms with E-state index in [1.54, 1.807) is 12.3 Å². The fourth-order valence-electron chi connectivity index (χ4n) is 3.73. The summed E-state index contributed by atoms with van der Waals surface area (Å²) in [6, 6.07) is 13.7. The predicted octanol–water partition coefficient (Wildman–Crippen LogP) is 3.37. The molecule has 2 N–H and O–H groups in total. The van der Waals surface area contributed by atoms with Gasteiger partial charge < -0.3 is 15.4 Å². The first kappa shape index (κ1) is 18.7. The highest BCUT2D eigenvalue weighted by molar-refractivity contribution is 5.98. The number of ether oxygens (including phenoxy) is 1. The van der Waals surface area contributed by atoms with Crippen LogP contribution in [0.1, 0.15) is 36.0 Å². The number of methoxy groups -OCH3 is 1. The highest BCUT2D eigenvalue weighted by atomic mass is 16.5. The molecule has 7 nitrogen and oxygen atoms in total. The van der Waals surface area contributed by atoms with E-state index in [9.17, 15) is 9.59 Å².